The molecular formula is C31H26Cl2Zr-2. The Labute approximate surface area is 231 Å². The van der Waals surface area contributed by atoms with Gasteiger partial charge in [-0.15, -0.1) is 5.56 Å². The fraction of sp³-hybridized carbons (Fsp3) is 0.129. The largest absolute Gasteiger partial charge is 0.179 e. The van der Waals surface area contributed by atoms with E-state index in [4.69, 9.17) is 0 Å². The molecule has 6 rings (SSSR count). The fourth-order valence-corrected chi connectivity index (χ4v) is 4.70. The van der Waals surface area contributed by atoms with Crippen molar-refractivity contribution in [3.05, 3.63) is 144 Å². The van der Waals surface area contributed by atoms with Gasteiger partial charge in [-0.2, -0.15) is 36.2 Å². The van der Waals surface area contributed by atoms with Crippen molar-refractivity contribution in [3.8, 4) is 11.1 Å². The molecule has 4 aromatic rings. The van der Waals surface area contributed by atoms with Gasteiger partial charge in [0.05, 0.1) is 0 Å². The molecule has 3 heteroatoms. The van der Waals surface area contributed by atoms with Crippen molar-refractivity contribution in [1.82, 2.24) is 0 Å². The maximum atomic E-state index is 3.30. The number of rotatable bonds is 2. The number of fused-ring (bicyclic) bond motifs is 3. The van der Waals surface area contributed by atoms with E-state index in [1.807, 2.05) is 6.07 Å². The molecule has 4 aromatic carbocycles. The van der Waals surface area contributed by atoms with Crippen LogP contribution in [0.3, 0.4) is 0 Å². The van der Waals surface area contributed by atoms with Crippen molar-refractivity contribution in [2.24, 2.45) is 0 Å². The number of halogens is 2. The third-order valence-electron chi connectivity index (χ3n) is 5.56. The molecule has 0 aliphatic heterocycles. The molecule has 170 valence electrons. The SMILES string of the molecule is [C-]1=CCCC1.[Cl-].[Cl-].[Zr+2]=[C](c1ccccc1)c1ccccc1.[c-]1cccc2c1Cc1ccccc1-2. The Morgan fingerprint density at radius 1 is 0.676 bits per heavy atom. The summed E-state index contributed by atoms with van der Waals surface area (Å²) >= 11 is 1.46. The van der Waals surface area contributed by atoms with Crippen molar-refractivity contribution in [3.63, 3.8) is 0 Å². The number of hydrogen-bond acceptors (Lipinski definition) is 0. The van der Waals surface area contributed by atoms with Crippen LogP contribution in [0, 0.1) is 12.1 Å². The van der Waals surface area contributed by atoms with Crippen molar-refractivity contribution in [2.45, 2.75) is 25.7 Å². The summed E-state index contributed by atoms with van der Waals surface area (Å²) in [7, 11) is 0. The third-order valence-corrected chi connectivity index (χ3v) is 6.97. The first-order chi connectivity index (χ1) is 15.8. The van der Waals surface area contributed by atoms with E-state index in [2.05, 4.69) is 115 Å². The zero-order valence-electron chi connectivity index (χ0n) is 19.0. The summed E-state index contributed by atoms with van der Waals surface area (Å²) in [6.45, 7) is 0. The topological polar surface area (TPSA) is 0 Å². The summed E-state index contributed by atoms with van der Waals surface area (Å²) in [6, 6.07) is 39.2. The quantitative estimate of drug-likeness (QED) is 0.287. The zero-order valence-corrected chi connectivity index (χ0v) is 22.9. The molecule has 0 saturated carbocycles. The van der Waals surface area contributed by atoms with E-state index in [-0.39, 0.29) is 24.8 Å². The third kappa shape index (κ3) is 7.74. The second kappa shape index (κ2) is 15.1. The molecule has 2 aliphatic carbocycles. The minimum atomic E-state index is 0. The molecule has 0 heterocycles. The normalized spacial score (nSPS) is 11.8. The van der Waals surface area contributed by atoms with Gasteiger partial charge in [0.1, 0.15) is 0 Å². The molecule has 0 amide bonds. The maximum Gasteiger partial charge on any atom is -0.0253 e. The second-order valence-corrected chi connectivity index (χ2v) is 9.03. The van der Waals surface area contributed by atoms with Gasteiger partial charge in [-0.05, 0) is 6.42 Å². The smallest absolute Gasteiger partial charge is 0.0253 e. The minimum absolute atomic E-state index is 0. The van der Waals surface area contributed by atoms with Crippen LogP contribution < -0.4 is 24.8 Å². The van der Waals surface area contributed by atoms with Gasteiger partial charge in [-0.25, -0.2) is 0 Å². The van der Waals surface area contributed by atoms with Crippen LogP contribution >= 0.6 is 0 Å². The van der Waals surface area contributed by atoms with Crippen LogP contribution in [-0.2, 0) is 30.7 Å². The van der Waals surface area contributed by atoms with Crippen LogP contribution in [0.15, 0.2) is 109 Å². The molecule has 0 fully saturated rings. The molecule has 0 radical (unpaired) electrons. The Bertz CT molecular complexity index is 1090. The summed E-state index contributed by atoms with van der Waals surface area (Å²) in [4.78, 5) is 0. The van der Waals surface area contributed by atoms with Crippen LogP contribution in [0.1, 0.15) is 41.5 Å². The number of allylic oxidation sites excluding steroid dienone is 2. The second-order valence-electron chi connectivity index (χ2n) is 7.80. The van der Waals surface area contributed by atoms with Gasteiger partial charge >= 0.3 is 99.2 Å². The molecule has 0 saturated heterocycles. The monoisotopic (exact) mass is 558 g/mol. The van der Waals surface area contributed by atoms with E-state index < -0.39 is 0 Å². The Kier molecular flexibility index (Phi) is 12.5. The number of hydrogen-bond donors (Lipinski definition) is 0. The van der Waals surface area contributed by atoms with Crippen molar-refractivity contribution < 1.29 is 49.0 Å². The van der Waals surface area contributed by atoms with E-state index >= 15 is 0 Å². The molecule has 0 atom stereocenters. The molecule has 0 bridgehead atoms. The van der Waals surface area contributed by atoms with Gasteiger partial charge in [0.25, 0.3) is 0 Å². The van der Waals surface area contributed by atoms with Crippen molar-refractivity contribution in [2.75, 3.05) is 0 Å². The number of benzene rings is 4. The van der Waals surface area contributed by atoms with E-state index in [1.54, 1.807) is 0 Å². The van der Waals surface area contributed by atoms with Gasteiger partial charge in [0.15, 0.2) is 0 Å². The zero-order chi connectivity index (χ0) is 22.0. The van der Waals surface area contributed by atoms with Gasteiger partial charge in [0, 0.05) is 0 Å². The van der Waals surface area contributed by atoms with Gasteiger partial charge in [0.2, 0.25) is 0 Å². The molecule has 0 aromatic heterocycles. The molecule has 0 N–H and O–H groups in total. The van der Waals surface area contributed by atoms with Crippen molar-refractivity contribution in [1.29, 1.82) is 0 Å². The van der Waals surface area contributed by atoms with Crippen molar-refractivity contribution >= 4 is 3.21 Å². The van der Waals surface area contributed by atoms with E-state index in [9.17, 15) is 0 Å². The van der Waals surface area contributed by atoms with E-state index in [0.29, 0.717) is 0 Å². The summed E-state index contributed by atoms with van der Waals surface area (Å²) in [6.07, 6.45) is 10.0. The van der Waals surface area contributed by atoms with Crippen LogP contribution in [0.5, 0.6) is 0 Å². The van der Waals surface area contributed by atoms with Crippen LogP contribution in [-0.4, -0.2) is 3.21 Å². The summed E-state index contributed by atoms with van der Waals surface area (Å²) in [5, 5.41) is 0. The first-order valence-corrected chi connectivity index (χ1v) is 12.4. The fourth-order valence-electron chi connectivity index (χ4n) is 3.88. The Hall–Kier alpha value is -2.05. The molecule has 2 aliphatic rings. The molecule has 34 heavy (non-hydrogen) atoms. The predicted octanol–water partition coefficient (Wildman–Crippen LogP) is 1.40. The van der Waals surface area contributed by atoms with Gasteiger partial charge < -0.3 is 30.9 Å². The molecule has 0 unspecified atom stereocenters. The van der Waals surface area contributed by atoms with Crippen LogP contribution in [0.2, 0.25) is 0 Å². The van der Waals surface area contributed by atoms with Crippen LogP contribution in [0.4, 0.5) is 0 Å². The first-order valence-electron chi connectivity index (χ1n) is 11.2. The summed E-state index contributed by atoms with van der Waals surface area (Å²) in [5.74, 6) is 0. The van der Waals surface area contributed by atoms with E-state index in [0.717, 1.165) is 6.42 Å². The summed E-state index contributed by atoms with van der Waals surface area (Å²) < 4.78 is 1.42. The first kappa shape index (κ1) is 28.2. The average molecular weight is 561 g/mol. The predicted molar refractivity (Wildman–Crippen MR) is 131 cm³/mol. The standard InChI is InChI=1S/C13H9.C13H10.C5H7.2ClH.Zr/c1-3-7-12-10(5-1)9-11-6-2-4-8-13(11)12;1-3-7-12(8-4-1)11-13-9-5-2-6-10-13;1-2-4-5-3-1;;;/h1-5,7-8H,9H2;1-10H;1H,2,4-5H2;2*1H;/q-1;;-1;;;+2/p-2. The van der Waals surface area contributed by atoms with Gasteiger partial charge in [-0.1, -0.05) is 48.2 Å². The molecular weight excluding hydrogens is 534 g/mol. The van der Waals surface area contributed by atoms with Crippen LogP contribution in [0.25, 0.3) is 11.1 Å². The molecule has 0 spiro atoms. The average Bonchev–Trinajstić information content (AvgIpc) is 3.57. The molecule has 0 nitrogen and oxygen atoms in total. The van der Waals surface area contributed by atoms with Gasteiger partial charge in [-0.3, -0.25) is 6.08 Å². The Balaban J connectivity index is 0.000000191. The maximum absolute atomic E-state index is 3.30. The van der Waals surface area contributed by atoms with E-state index in [1.165, 1.54) is 80.1 Å². The Morgan fingerprint density at radius 2 is 1.26 bits per heavy atom. The Morgan fingerprint density at radius 3 is 1.82 bits per heavy atom. The minimum Gasteiger partial charge on any atom is -0.179 e. The summed E-state index contributed by atoms with van der Waals surface area (Å²) in [5.41, 5.74) is 8.17.